The average Bonchev–Trinajstić information content (AvgIpc) is 2.98. The van der Waals surface area contributed by atoms with Gasteiger partial charge >= 0.3 is 0 Å². The minimum Gasteiger partial charge on any atom is -0.340 e. The molecule has 0 aliphatic carbocycles. The molecule has 0 aliphatic rings. The first-order valence-electron chi connectivity index (χ1n) is 8.89. The van der Waals surface area contributed by atoms with Crippen molar-refractivity contribution in [1.82, 2.24) is 10.3 Å². The number of fused-ring (bicyclic) bond motifs is 1. The SMILES string of the molecule is Cc1nc2ccc(NC(=O)[C@@H](NC(=O)c3ccccc3C)C(C)C)cc2s1. The summed E-state index contributed by atoms with van der Waals surface area (Å²) in [6.07, 6.45) is 0. The Morgan fingerprint density at radius 2 is 1.81 bits per heavy atom. The minimum atomic E-state index is -0.629. The zero-order chi connectivity index (χ0) is 19.6. The molecule has 3 rings (SSSR count). The molecule has 0 bridgehead atoms. The molecule has 0 saturated carbocycles. The summed E-state index contributed by atoms with van der Waals surface area (Å²) in [5, 5.41) is 6.78. The van der Waals surface area contributed by atoms with Gasteiger partial charge in [0.2, 0.25) is 5.91 Å². The van der Waals surface area contributed by atoms with Gasteiger partial charge in [-0.1, -0.05) is 32.0 Å². The lowest BCUT2D eigenvalue weighted by Gasteiger charge is -2.22. The topological polar surface area (TPSA) is 71.1 Å². The molecule has 1 heterocycles. The largest absolute Gasteiger partial charge is 0.340 e. The van der Waals surface area contributed by atoms with Crippen LogP contribution in [0.2, 0.25) is 0 Å². The number of rotatable bonds is 5. The second kappa shape index (κ2) is 7.88. The van der Waals surface area contributed by atoms with Gasteiger partial charge in [-0.15, -0.1) is 11.3 Å². The van der Waals surface area contributed by atoms with Crippen molar-refractivity contribution in [3.05, 3.63) is 58.6 Å². The maximum absolute atomic E-state index is 12.8. The molecule has 1 aromatic heterocycles. The smallest absolute Gasteiger partial charge is 0.252 e. The number of benzene rings is 2. The minimum absolute atomic E-state index is 0.0488. The third kappa shape index (κ3) is 4.34. The van der Waals surface area contributed by atoms with Crippen LogP contribution in [0.1, 0.15) is 34.8 Å². The number of aryl methyl sites for hydroxylation is 2. The molecule has 0 aliphatic heterocycles. The zero-order valence-corrected chi connectivity index (χ0v) is 16.7. The highest BCUT2D eigenvalue weighted by Gasteiger charge is 2.25. The molecular formula is C21H23N3O2S. The standard InChI is InChI=1S/C21H23N3O2S/c1-12(2)19(24-20(25)16-8-6-5-7-13(16)3)21(26)23-15-9-10-17-18(11-15)27-14(4)22-17/h5-12,19H,1-4H3,(H,23,26)(H,24,25)/t19-/m0/s1. The fraction of sp³-hybridized carbons (Fsp3) is 0.286. The summed E-state index contributed by atoms with van der Waals surface area (Å²) in [7, 11) is 0. The van der Waals surface area contributed by atoms with Crippen LogP contribution in [0, 0.1) is 19.8 Å². The summed E-state index contributed by atoms with van der Waals surface area (Å²) in [5.74, 6) is -0.518. The Hall–Kier alpha value is -2.73. The van der Waals surface area contributed by atoms with Gasteiger partial charge in [-0.05, 0) is 49.6 Å². The number of carbonyl (C=O) groups is 2. The van der Waals surface area contributed by atoms with Crippen LogP contribution in [0.15, 0.2) is 42.5 Å². The predicted octanol–water partition coefficient (Wildman–Crippen LogP) is 4.31. The van der Waals surface area contributed by atoms with Gasteiger partial charge in [0.25, 0.3) is 5.91 Å². The van der Waals surface area contributed by atoms with Crippen LogP contribution in [0.5, 0.6) is 0 Å². The van der Waals surface area contributed by atoms with E-state index in [0.717, 1.165) is 20.8 Å². The van der Waals surface area contributed by atoms with E-state index in [-0.39, 0.29) is 17.7 Å². The number of hydrogen-bond donors (Lipinski definition) is 2. The third-order valence-corrected chi connectivity index (χ3v) is 5.32. The van der Waals surface area contributed by atoms with E-state index in [1.807, 2.05) is 64.1 Å². The molecule has 140 valence electrons. The molecule has 3 aromatic rings. The van der Waals surface area contributed by atoms with Gasteiger partial charge in [0.1, 0.15) is 6.04 Å². The van der Waals surface area contributed by atoms with Crippen LogP contribution in [0.4, 0.5) is 5.69 Å². The molecule has 0 fully saturated rings. The number of anilines is 1. The molecule has 2 N–H and O–H groups in total. The molecule has 0 radical (unpaired) electrons. The van der Waals surface area contributed by atoms with Crippen molar-refractivity contribution in [3.63, 3.8) is 0 Å². The number of amides is 2. The van der Waals surface area contributed by atoms with E-state index in [2.05, 4.69) is 15.6 Å². The maximum atomic E-state index is 12.8. The lowest BCUT2D eigenvalue weighted by atomic mass is 10.0. The normalized spacial score (nSPS) is 12.2. The van der Waals surface area contributed by atoms with Crippen LogP contribution in [0.3, 0.4) is 0 Å². The number of nitrogens with zero attached hydrogens (tertiary/aromatic N) is 1. The van der Waals surface area contributed by atoms with E-state index < -0.39 is 6.04 Å². The number of thiazole rings is 1. The summed E-state index contributed by atoms with van der Waals surface area (Å²) in [6, 6.07) is 12.4. The first-order valence-corrected chi connectivity index (χ1v) is 9.71. The summed E-state index contributed by atoms with van der Waals surface area (Å²) >= 11 is 1.59. The number of aromatic nitrogens is 1. The molecule has 5 nitrogen and oxygen atoms in total. The van der Waals surface area contributed by atoms with Crippen LogP contribution < -0.4 is 10.6 Å². The highest BCUT2D eigenvalue weighted by atomic mass is 32.1. The molecule has 6 heteroatoms. The first-order chi connectivity index (χ1) is 12.8. The van der Waals surface area contributed by atoms with Gasteiger partial charge in [0, 0.05) is 11.3 Å². The van der Waals surface area contributed by atoms with Crippen molar-refractivity contribution in [2.45, 2.75) is 33.7 Å². The average molecular weight is 382 g/mol. The molecule has 27 heavy (non-hydrogen) atoms. The van der Waals surface area contributed by atoms with Crippen molar-refractivity contribution in [2.75, 3.05) is 5.32 Å². The number of carbonyl (C=O) groups excluding carboxylic acids is 2. The molecule has 0 unspecified atom stereocenters. The lowest BCUT2D eigenvalue weighted by molar-refractivity contribution is -0.118. The van der Waals surface area contributed by atoms with Gasteiger partial charge in [0.15, 0.2) is 0 Å². The Morgan fingerprint density at radius 1 is 1.07 bits per heavy atom. The first kappa shape index (κ1) is 19.0. The Bertz CT molecular complexity index is 994. The summed E-state index contributed by atoms with van der Waals surface area (Å²) in [5.41, 5.74) is 3.08. The monoisotopic (exact) mass is 381 g/mol. The van der Waals surface area contributed by atoms with Gasteiger partial charge in [-0.3, -0.25) is 9.59 Å². The molecule has 2 aromatic carbocycles. The van der Waals surface area contributed by atoms with Gasteiger partial charge in [0.05, 0.1) is 15.2 Å². The molecule has 1 atom stereocenters. The molecule has 0 spiro atoms. The van der Waals surface area contributed by atoms with Crippen molar-refractivity contribution < 1.29 is 9.59 Å². The van der Waals surface area contributed by atoms with Gasteiger partial charge in [-0.2, -0.15) is 0 Å². The fourth-order valence-electron chi connectivity index (χ4n) is 2.92. The zero-order valence-electron chi connectivity index (χ0n) is 15.9. The highest BCUT2D eigenvalue weighted by molar-refractivity contribution is 7.18. The second-order valence-electron chi connectivity index (χ2n) is 6.91. The van der Waals surface area contributed by atoms with Crippen molar-refractivity contribution in [3.8, 4) is 0 Å². The van der Waals surface area contributed by atoms with Crippen molar-refractivity contribution in [2.24, 2.45) is 5.92 Å². The number of hydrogen-bond acceptors (Lipinski definition) is 4. The molecule has 0 saturated heterocycles. The second-order valence-corrected chi connectivity index (χ2v) is 8.15. The van der Waals surface area contributed by atoms with Gasteiger partial charge in [-0.25, -0.2) is 4.98 Å². The predicted molar refractivity (Wildman–Crippen MR) is 110 cm³/mol. The van der Waals surface area contributed by atoms with Crippen LogP contribution in [-0.2, 0) is 4.79 Å². The lowest BCUT2D eigenvalue weighted by Crippen LogP contribution is -2.47. The van der Waals surface area contributed by atoms with Crippen LogP contribution in [0.25, 0.3) is 10.2 Å². The summed E-state index contributed by atoms with van der Waals surface area (Å²) in [6.45, 7) is 7.67. The van der Waals surface area contributed by atoms with Crippen LogP contribution >= 0.6 is 11.3 Å². The van der Waals surface area contributed by atoms with Gasteiger partial charge < -0.3 is 10.6 Å². The Labute approximate surface area is 162 Å². The van der Waals surface area contributed by atoms with Crippen LogP contribution in [-0.4, -0.2) is 22.8 Å². The van der Waals surface area contributed by atoms with E-state index in [0.29, 0.717) is 11.3 Å². The maximum Gasteiger partial charge on any atom is 0.252 e. The number of nitrogens with one attached hydrogen (secondary N) is 2. The quantitative estimate of drug-likeness (QED) is 0.692. The van der Waals surface area contributed by atoms with E-state index in [1.54, 1.807) is 17.4 Å². The molecular weight excluding hydrogens is 358 g/mol. The third-order valence-electron chi connectivity index (χ3n) is 4.39. The van der Waals surface area contributed by atoms with E-state index in [9.17, 15) is 9.59 Å². The van der Waals surface area contributed by atoms with E-state index in [4.69, 9.17) is 0 Å². The summed E-state index contributed by atoms with van der Waals surface area (Å²) < 4.78 is 1.02. The molecule has 2 amide bonds. The van der Waals surface area contributed by atoms with E-state index >= 15 is 0 Å². The fourth-order valence-corrected chi connectivity index (χ4v) is 3.79. The van der Waals surface area contributed by atoms with E-state index in [1.165, 1.54) is 0 Å². The Kier molecular flexibility index (Phi) is 5.56. The van der Waals surface area contributed by atoms with Crippen molar-refractivity contribution in [1.29, 1.82) is 0 Å². The Morgan fingerprint density at radius 3 is 2.52 bits per heavy atom. The summed E-state index contributed by atoms with van der Waals surface area (Å²) in [4.78, 5) is 29.9. The highest BCUT2D eigenvalue weighted by Crippen LogP contribution is 2.25. The van der Waals surface area contributed by atoms with Crippen molar-refractivity contribution >= 4 is 39.1 Å². The Balaban J connectivity index is 1.76.